The number of rotatable bonds is 4. The highest BCUT2D eigenvalue weighted by atomic mass is 35.5. The third-order valence-corrected chi connectivity index (χ3v) is 6.07. The van der Waals surface area contributed by atoms with Crippen molar-refractivity contribution >= 4 is 29.1 Å². The molecule has 2 N–H and O–H groups in total. The lowest BCUT2D eigenvalue weighted by molar-refractivity contribution is -0.141. The lowest BCUT2D eigenvalue weighted by Gasteiger charge is -2.41. The van der Waals surface area contributed by atoms with Crippen molar-refractivity contribution in [3.8, 4) is 0 Å². The standard InChI is InChI=1S/C20H17Cl2F5N2O2/c21-14-11(2-1-3-13(14)24)16(19(31)7-4-10(23)5-8-19)29-18(30)12-6-9-28-17(15(12)22)20(25,26)27/h1-3,6,9-10,16,31H,4-5,7-8H2,(H,29,30). The number of hydrogen-bond acceptors (Lipinski definition) is 3. The lowest BCUT2D eigenvalue weighted by Crippen LogP contribution is -2.48. The van der Waals surface area contributed by atoms with Crippen LogP contribution in [0.1, 0.15) is 53.3 Å². The predicted molar refractivity (Wildman–Crippen MR) is 104 cm³/mol. The first kappa shape index (κ1) is 23.7. The fourth-order valence-corrected chi connectivity index (χ4v) is 4.18. The van der Waals surface area contributed by atoms with Gasteiger partial charge in [0.25, 0.3) is 5.91 Å². The van der Waals surface area contributed by atoms with Gasteiger partial charge in [0, 0.05) is 6.20 Å². The Morgan fingerprint density at radius 3 is 2.45 bits per heavy atom. The summed E-state index contributed by atoms with van der Waals surface area (Å²) in [5.41, 5.74) is -3.68. The summed E-state index contributed by atoms with van der Waals surface area (Å²) in [6.07, 6.45) is -5.45. The van der Waals surface area contributed by atoms with Crippen molar-refractivity contribution in [1.29, 1.82) is 0 Å². The lowest BCUT2D eigenvalue weighted by atomic mass is 9.76. The van der Waals surface area contributed by atoms with Crippen LogP contribution in [0.2, 0.25) is 10.0 Å². The molecule has 0 bridgehead atoms. The third kappa shape index (κ3) is 4.94. The maximum absolute atomic E-state index is 14.1. The van der Waals surface area contributed by atoms with Crippen LogP contribution >= 0.6 is 23.2 Å². The van der Waals surface area contributed by atoms with Gasteiger partial charge in [-0.3, -0.25) is 9.78 Å². The number of alkyl halides is 4. The van der Waals surface area contributed by atoms with Crippen LogP contribution in [0, 0.1) is 5.82 Å². The summed E-state index contributed by atoms with van der Waals surface area (Å²) < 4.78 is 67.0. The fourth-order valence-electron chi connectivity index (χ4n) is 3.64. The number of halogens is 7. The van der Waals surface area contributed by atoms with Crippen LogP contribution in [0.25, 0.3) is 0 Å². The molecule has 1 fully saturated rings. The Bertz CT molecular complexity index is 979. The molecular formula is C20H17Cl2F5N2O2. The summed E-state index contributed by atoms with van der Waals surface area (Å²) in [7, 11) is 0. The number of aromatic nitrogens is 1. The molecule has 1 amide bonds. The Morgan fingerprint density at radius 2 is 1.84 bits per heavy atom. The van der Waals surface area contributed by atoms with Gasteiger partial charge in [0.15, 0.2) is 5.69 Å². The van der Waals surface area contributed by atoms with Gasteiger partial charge in [-0.1, -0.05) is 35.3 Å². The van der Waals surface area contributed by atoms with E-state index in [1.54, 1.807) is 0 Å². The van der Waals surface area contributed by atoms with Gasteiger partial charge in [0.2, 0.25) is 0 Å². The second-order valence-electron chi connectivity index (χ2n) is 7.35. The Hall–Kier alpha value is -1.97. The molecule has 1 unspecified atom stereocenters. The second-order valence-corrected chi connectivity index (χ2v) is 8.10. The molecule has 0 spiro atoms. The largest absolute Gasteiger partial charge is 0.434 e. The molecule has 168 valence electrons. The molecule has 1 aromatic heterocycles. The first-order chi connectivity index (χ1) is 14.4. The van der Waals surface area contributed by atoms with Crippen LogP contribution in [-0.2, 0) is 6.18 Å². The molecule has 31 heavy (non-hydrogen) atoms. The zero-order valence-electron chi connectivity index (χ0n) is 15.8. The number of aliphatic hydroxyl groups is 1. The van der Waals surface area contributed by atoms with Gasteiger partial charge in [0.05, 0.1) is 27.3 Å². The quantitative estimate of drug-likeness (QED) is 0.552. The van der Waals surface area contributed by atoms with E-state index in [0.29, 0.717) is 0 Å². The fraction of sp³-hybridized carbons (Fsp3) is 0.400. The van der Waals surface area contributed by atoms with Crippen LogP contribution in [0.3, 0.4) is 0 Å². The van der Waals surface area contributed by atoms with Crippen molar-refractivity contribution in [2.24, 2.45) is 0 Å². The topological polar surface area (TPSA) is 62.2 Å². The molecular weight excluding hydrogens is 466 g/mol. The molecule has 1 atom stereocenters. The maximum Gasteiger partial charge on any atom is 0.434 e. The Kier molecular flexibility index (Phi) is 6.78. The van der Waals surface area contributed by atoms with Gasteiger partial charge < -0.3 is 10.4 Å². The van der Waals surface area contributed by atoms with E-state index < -0.39 is 52.0 Å². The number of nitrogens with zero attached hydrogens (tertiary/aromatic N) is 1. The number of pyridine rings is 1. The van der Waals surface area contributed by atoms with E-state index in [2.05, 4.69) is 10.3 Å². The molecule has 1 saturated carbocycles. The molecule has 1 aliphatic rings. The van der Waals surface area contributed by atoms with Gasteiger partial charge in [-0.25, -0.2) is 8.78 Å². The number of benzene rings is 1. The van der Waals surface area contributed by atoms with Crippen molar-refractivity contribution in [3.63, 3.8) is 0 Å². The molecule has 4 nitrogen and oxygen atoms in total. The van der Waals surface area contributed by atoms with Gasteiger partial charge in [-0.15, -0.1) is 0 Å². The average molecular weight is 483 g/mol. The normalized spacial score (nSPS) is 22.8. The number of carbonyl (C=O) groups excluding carboxylic acids is 1. The van der Waals surface area contributed by atoms with Crippen LogP contribution in [0.5, 0.6) is 0 Å². The molecule has 1 aliphatic carbocycles. The van der Waals surface area contributed by atoms with E-state index in [1.165, 1.54) is 12.1 Å². The summed E-state index contributed by atoms with van der Waals surface area (Å²) in [4.78, 5) is 16.0. The summed E-state index contributed by atoms with van der Waals surface area (Å²) in [5, 5.41) is 12.3. The van der Waals surface area contributed by atoms with E-state index in [0.717, 1.165) is 18.3 Å². The minimum Gasteiger partial charge on any atom is -0.387 e. The molecule has 1 aromatic carbocycles. The molecule has 3 rings (SSSR count). The van der Waals surface area contributed by atoms with E-state index >= 15 is 0 Å². The van der Waals surface area contributed by atoms with Gasteiger partial charge in [-0.2, -0.15) is 13.2 Å². The molecule has 0 radical (unpaired) electrons. The van der Waals surface area contributed by atoms with Crippen molar-refractivity contribution in [2.75, 3.05) is 0 Å². The number of nitrogens with one attached hydrogen (secondary N) is 1. The zero-order chi connectivity index (χ0) is 23.0. The highest BCUT2D eigenvalue weighted by molar-refractivity contribution is 6.34. The van der Waals surface area contributed by atoms with E-state index in [9.17, 15) is 31.9 Å². The molecule has 0 saturated heterocycles. The second kappa shape index (κ2) is 8.88. The van der Waals surface area contributed by atoms with E-state index in [4.69, 9.17) is 23.2 Å². The average Bonchev–Trinajstić information content (AvgIpc) is 2.70. The van der Waals surface area contributed by atoms with Crippen molar-refractivity contribution in [3.05, 3.63) is 63.1 Å². The monoisotopic (exact) mass is 482 g/mol. The smallest absolute Gasteiger partial charge is 0.387 e. The van der Waals surface area contributed by atoms with Crippen molar-refractivity contribution in [1.82, 2.24) is 10.3 Å². The van der Waals surface area contributed by atoms with Crippen LogP contribution in [0.15, 0.2) is 30.5 Å². The minimum atomic E-state index is -4.89. The zero-order valence-corrected chi connectivity index (χ0v) is 17.3. The first-order valence-electron chi connectivity index (χ1n) is 9.27. The Balaban J connectivity index is 2.02. The molecule has 11 heteroatoms. The molecule has 2 aromatic rings. The number of carbonyl (C=O) groups is 1. The van der Waals surface area contributed by atoms with Gasteiger partial charge in [0.1, 0.15) is 12.0 Å². The SMILES string of the molecule is O=C(NC(c1cccc(F)c1Cl)C1(O)CCC(F)CC1)c1ccnc(C(F)(F)F)c1Cl. The van der Waals surface area contributed by atoms with Crippen LogP contribution in [-0.4, -0.2) is 27.8 Å². The van der Waals surface area contributed by atoms with E-state index in [-0.39, 0.29) is 36.3 Å². The number of hydrogen-bond donors (Lipinski definition) is 2. The van der Waals surface area contributed by atoms with Crippen LogP contribution < -0.4 is 5.32 Å². The summed E-state index contributed by atoms with van der Waals surface area (Å²) in [6.45, 7) is 0. The highest BCUT2D eigenvalue weighted by Gasteiger charge is 2.44. The van der Waals surface area contributed by atoms with Crippen LogP contribution in [0.4, 0.5) is 22.0 Å². The summed E-state index contributed by atoms with van der Waals surface area (Å²) in [5.74, 6) is -1.87. The Labute approximate surface area is 184 Å². The predicted octanol–water partition coefficient (Wildman–Crippen LogP) is 5.66. The van der Waals surface area contributed by atoms with E-state index in [1.807, 2.05) is 0 Å². The molecule has 0 aliphatic heterocycles. The Morgan fingerprint density at radius 1 is 1.19 bits per heavy atom. The van der Waals surface area contributed by atoms with Crippen molar-refractivity contribution < 1.29 is 31.9 Å². The van der Waals surface area contributed by atoms with Gasteiger partial charge in [-0.05, 0) is 43.4 Å². The highest BCUT2D eigenvalue weighted by Crippen LogP contribution is 2.42. The summed E-state index contributed by atoms with van der Waals surface area (Å²) >= 11 is 11.8. The van der Waals surface area contributed by atoms with Crippen molar-refractivity contribution in [2.45, 2.75) is 49.7 Å². The molecule has 1 heterocycles. The summed E-state index contributed by atoms with van der Waals surface area (Å²) in [6, 6.07) is 3.41. The van der Waals surface area contributed by atoms with Gasteiger partial charge >= 0.3 is 6.18 Å². The number of amides is 1. The third-order valence-electron chi connectivity index (χ3n) is 5.29. The first-order valence-corrected chi connectivity index (χ1v) is 10.0. The maximum atomic E-state index is 14.1. The minimum absolute atomic E-state index is 0.00988.